The zero-order chi connectivity index (χ0) is 25.4. The molecule has 5 heteroatoms. The average molecular weight is 486 g/mol. The van der Waals surface area contributed by atoms with Gasteiger partial charge in [-0.1, -0.05) is 18.6 Å². The fourth-order valence-electron chi connectivity index (χ4n) is 8.74. The zero-order valence-electron chi connectivity index (χ0n) is 21.7. The topological polar surface area (TPSA) is 65.4 Å². The van der Waals surface area contributed by atoms with Crippen molar-refractivity contribution in [2.24, 2.45) is 29.7 Å². The van der Waals surface area contributed by atoms with E-state index in [1.54, 1.807) is 6.92 Å². The second-order valence-corrected chi connectivity index (χ2v) is 11.7. The van der Waals surface area contributed by atoms with Gasteiger partial charge in [0.1, 0.15) is 11.2 Å². The average Bonchev–Trinajstić information content (AvgIpc) is 3.39. The summed E-state index contributed by atoms with van der Waals surface area (Å²) >= 11 is 0. The van der Waals surface area contributed by atoms with Gasteiger partial charge < -0.3 is 9.30 Å². The SMILES string of the molecule is COC(=O)[C@]1(C(C)=O)CC[C@H]2[C@@H]3CCC4=CC(=O)CCC4=C3[C@@H](c3ccc4c(ccn4C)c3)C[C@@]21C. The molecule has 0 saturated heterocycles. The van der Waals surface area contributed by atoms with Gasteiger partial charge in [0.25, 0.3) is 0 Å². The van der Waals surface area contributed by atoms with Crippen LogP contribution in [0.5, 0.6) is 0 Å². The van der Waals surface area contributed by atoms with Crippen LogP contribution in [-0.2, 0) is 26.2 Å². The van der Waals surface area contributed by atoms with Crippen LogP contribution in [0.15, 0.2) is 53.3 Å². The number of rotatable bonds is 3. The second kappa shape index (κ2) is 8.03. The highest BCUT2D eigenvalue weighted by Crippen LogP contribution is 2.70. The highest BCUT2D eigenvalue weighted by atomic mass is 16.5. The van der Waals surface area contributed by atoms with Crippen LogP contribution in [0.3, 0.4) is 0 Å². The molecule has 2 fully saturated rings. The van der Waals surface area contributed by atoms with Crippen LogP contribution in [0.4, 0.5) is 0 Å². The summed E-state index contributed by atoms with van der Waals surface area (Å²) in [6, 6.07) is 8.87. The quantitative estimate of drug-likeness (QED) is 0.406. The number of hydrogen-bond donors (Lipinski definition) is 0. The minimum Gasteiger partial charge on any atom is -0.468 e. The Labute approximate surface area is 212 Å². The van der Waals surface area contributed by atoms with E-state index in [9.17, 15) is 14.4 Å². The number of hydrogen-bond acceptors (Lipinski definition) is 4. The minimum absolute atomic E-state index is 0.0626. The Balaban J connectivity index is 1.58. The predicted octanol–water partition coefficient (Wildman–Crippen LogP) is 5.83. The summed E-state index contributed by atoms with van der Waals surface area (Å²) in [6.07, 6.45) is 9.36. The van der Waals surface area contributed by atoms with Crippen molar-refractivity contribution in [3.63, 3.8) is 0 Å². The molecule has 4 aliphatic carbocycles. The Kier molecular flexibility index (Phi) is 5.23. The Morgan fingerprint density at radius 3 is 2.67 bits per heavy atom. The molecule has 188 valence electrons. The van der Waals surface area contributed by atoms with E-state index in [1.165, 1.54) is 40.3 Å². The van der Waals surface area contributed by atoms with Crippen molar-refractivity contribution in [3.8, 4) is 0 Å². The number of nitrogens with zero attached hydrogens (tertiary/aromatic N) is 1. The summed E-state index contributed by atoms with van der Waals surface area (Å²) in [5.41, 5.74) is 4.92. The molecular formula is C31H35NO4. The largest absolute Gasteiger partial charge is 0.468 e. The van der Waals surface area contributed by atoms with Crippen molar-refractivity contribution >= 4 is 28.4 Å². The highest BCUT2D eigenvalue weighted by Gasteiger charge is 2.68. The standard InChI is InChI=1S/C31H35NO4/c1-18(33)31(29(35)36-4)13-11-26-24-8-5-20-16-22(34)7-9-23(20)28(24)25(17-30(26,31)2)19-6-10-27-21(15-19)12-14-32(27)3/h6,10,12,14-16,24-26H,5,7-9,11,13,17H2,1-4H3/t24-,25+,26-,30-,31+/m0/s1. The van der Waals surface area contributed by atoms with Gasteiger partial charge in [0.2, 0.25) is 0 Å². The Hall–Kier alpha value is -2.95. The molecule has 36 heavy (non-hydrogen) atoms. The number of ether oxygens (including phenoxy) is 1. The summed E-state index contributed by atoms with van der Waals surface area (Å²) in [7, 11) is 3.47. The molecule has 0 aliphatic heterocycles. The smallest absolute Gasteiger partial charge is 0.319 e. The number of allylic oxidation sites excluding steroid dienone is 4. The number of aromatic nitrogens is 1. The van der Waals surface area contributed by atoms with E-state index in [-0.39, 0.29) is 29.4 Å². The maximum atomic E-state index is 13.4. The van der Waals surface area contributed by atoms with Gasteiger partial charge >= 0.3 is 5.97 Å². The van der Waals surface area contributed by atoms with Crippen LogP contribution >= 0.6 is 0 Å². The van der Waals surface area contributed by atoms with Gasteiger partial charge in [0, 0.05) is 31.1 Å². The van der Waals surface area contributed by atoms with Gasteiger partial charge in [-0.3, -0.25) is 14.4 Å². The maximum Gasteiger partial charge on any atom is 0.319 e. The number of carbonyl (C=O) groups excluding carboxylic acids is 3. The van der Waals surface area contributed by atoms with Crippen molar-refractivity contribution in [1.82, 2.24) is 4.57 Å². The lowest BCUT2D eigenvalue weighted by Crippen LogP contribution is -2.54. The van der Waals surface area contributed by atoms with Crippen molar-refractivity contribution in [2.45, 2.75) is 64.7 Å². The Bertz CT molecular complexity index is 1380. The Morgan fingerprint density at radius 1 is 1.11 bits per heavy atom. The Morgan fingerprint density at radius 2 is 1.92 bits per heavy atom. The van der Waals surface area contributed by atoms with Crippen molar-refractivity contribution in [1.29, 1.82) is 0 Å². The van der Waals surface area contributed by atoms with Gasteiger partial charge in [-0.15, -0.1) is 0 Å². The van der Waals surface area contributed by atoms with Gasteiger partial charge in [0.15, 0.2) is 5.78 Å². The summed E-state index contributed by atoms with van der Waals surface area (Å²) in [5.74, 6) is 0.470. The van der Waals surface area contributed by atoms with E-state index in [0.29, 0.717) is 18.8 Å². The van der Waals surface area contributed by atoms with E-state index in [1.807, 2.05) is 6.08 Å². The number of carbonyl (C=O) groups is 3. The first kappa shape index (κ1) is 23.4. The van der Waals surface area contributed by atoms with Gasteiger partial charge in [-0.2, -0.15) is 0 Å². The minimum atomic E-state index is -1.10. The second-order valence-electron chi connectivity index (χ2n) is 11.7. The van der Waals surface area contributed by atoms with Gasteiger partial charge in [0.05, 0.1) is 7.11 Å². The first-order valence-electron chi connectivity index (χ1n) is 13.3. The van der Waals surface area contributed by atoms with Crippen LogP contribution in [0.1, 0.15) is 70.3 Å². The number of Topliss-reactive ketones (excluding diaryl/α,β-unsaturated/α-hetero) is 1. The molecule has 4 aliphatic rings. The molecule has 0 N–H and O–H groups in total. The number of fused-ring (bicyclic) bond motifs is 5. The molecular weight excluding hydrogens is 450 g/mol. The molecule has 2 aromatic rings. The van der Waals surface area contributed by atoms with Crippen molar-refractivity contribution in [3.05, 3.63) is 58.8 Å². The molecule has 0 spiro atoms. The molecule has 0 unspecified atom stereocenters. The molecule has 0 radical (unpaired) electrons. The fourth-order valence-corrected chi connectivity index (χ4v) is 8.74. The van der Waals surface area contributed by atoms with E-state index in [0.717, 1.165) is 32.1 Å². The predicted molar refractivity (Wildman–Crippen MR) is 138 cm³/mol. The third kappa shape index (κ3) is 2.98. The first-order chi connectivity index (χ1) is 17.2. The van der Waals surface area contributed by atoms with Crippen LogP contribution < -0.4 is 0 Å². The molecule has 6 rings (SSSR count). The van der Waals surface area contributed by atoms with E-state index < -0.39 is 10.8 Å². The van der Waals surface area contributed by atoms with E-state index >= 15 is 0 Å². The number of esters is 1. The van der Waals surface area contributed by atoms with Crippen molar-refractivity contribution < 1.29 is 19.1 Å². The third-order valence-electron chi connectivity index (χ3n) is 10.4. The number of aryl methyl sites for hydroxylation is 1. The summed E-state index contributed by atoms with van der Waals surface area (Å²) in [4.78, 5) is 39.0. The monoisotopic (exact) mass is 485 g/mol. The zero-order valence-corrected chi connectivity index (χ0v) is 21.7. The molecule has 2 saturated carbocycles. The lowest BCUT2D eigenvalue weighted by atomic mass is 9.48. The highest BCUT2D eigenvalue weighted by molar-refractivity contribution is 6.04. The number of methoxy groups -OCH3 is 1. The molecule has 0 bridgehead atoms. The maximum absolute atomic E-state index is 13.4. The molecule has 5 nitrogen and oxygen atoms in total. The fraction of sp³-hybridized carbons (Fsp3) is 0.516. The summed E-state index contributed by atoms with van der Waals surface area (Å²) in [6.45, 7) is 3.77. The van der Waals surface area contributed by atoms with Crippen molar-refractivity contribution in [2.75, 3.05) is 7.11 Å². The van der Waals surface area contributed by atoms with Crippen LogP contribution in [-0.4, -0.2) is 29.2 Å². The third-order valence-corrected chi connectivity index (χ3v) is 10.4. The van der Waals surface area contributed by atoms with Crippen LogP contribution in [0.25, 0.3) is 10.9 Å². The normalized spacial score (nSPS) is 33.6. The number of benzene rings is 1. The molecule has 1 aromatic heterocycles. The van der Waals surface area contributed by atoms with Gasteiger partial charge in [-0.05, 0) is 109 Å². The summed E-state index contributed by atoms with van der Waals surface area (Å²) < 4.78 is 7.46. The lowest BCUT2D eigenvalue weighted by molar-refractivity contribution is -0.168. The van der Waals surface area contributed by atoms with E-state index in [4.69, 9.17) is 4.74 Å². The van der Waals surface area contributed by atoms with E-state index in [2.05, 4.69) is 49.0 Å². The van der Waals surface area contributed by atoms with Crippen LogP contribution in [0, 0.1) is 22.7 Å². The summed E-state index contributed by atoms with van der Waals surface area (Å²) in [5, 5.41) is 1.20. The molecule has 1 aromatic carbocycles. The molecule has 1 heterocycles. The lowest BCUT2D eigenvalue weighted by Gasteiger charge is -2.54. The molecule has 0 amide bonds. The first-order valence-corrected chi connectivity index (χ1v) is 13.3. The van der Waals surface area contributed by atoms with Crippen LogP contribution in [0.2, 0.25) is 0 Å². The number of ketones is 2. The molecule has 5 atom stereocenters. The van der Waals surface area contributed by atoms with Gasteiger partial charge in [-0.25, -0.2) is 0 Å².